The van der Waals surface area contributed by atoms with E-state index in [4.69, 9.17) is 0 Å². The molecular weight excluding hydrogens is 276 g/mol. The smallest absolute Gasteiger partial charge is 0.283 e. The number of H-pyrrole nitrogens is 1. The highest BCUT2D eigenvalue weighted by atomic mass is 79.9. The molecule has 0 aliphatic carbocycles. The summed E-state index contributed by atoms with van der Waals surface area (Å²) in [5.41, 5.74) is 3.12. The minimum absolute atomic E-state index is 0.141. The number of aromatic nitrogens is 4. The zero-order valence-corrected chi connectivity index (χ0v) is 9.51. The number of aromatic hydroxyl groups is 1. The van der Waals surface area contributed by atoms with Crippen LogP contribution in [-0.4, -0.2) is 31.9 Å². The number of nitrogens with one attached hydrogen (secondary N) is 2. The lowest BCUT2D eigenvalue weighted by Gasteiger charge is -1.98. The van der Waals surface area contributed by atoms with Crippen molar-refractivity contribution >= 4 is 28.1 Å². The summed E-state index contributed by atoms with van der Waals surface area (Å²) in [6, 6.07) is 5.04. The van der Waals surface area contributed by atoms with Gasteiger partial charge in [0, 0.05) is 10.0 Å². The maximum Gasteiger partial charge on any atom is 0.283 e. The largest absolute Gasteiger partial charge is 0.507 e. The third-order valence-electron chi connectivity index (χ3n) is 1.70. The van der Waals surface area contributed by atoms with Crippen molar-refractivity contribution in [3.8, 4) is 5.75 Å². The summed E-state index contributed by atoms with van der Waals surface area (Å²) in [6.07, 6.45) is 1.45. The van der Waals surface area contributed by atoms with Crippen LogP contribution in [0.25, 0.3) is 0 Å². The van der Waals surface area contributed by atoms with E-state index in [0.717, 1.165) is 4.47 Å². The van der Waals surface area contributed by atoms with Gasteiger partial charge in [-0.25, -0.2) is 5.43 Å². The molecule has 0 atom stereocenters. The highest BCUT2D eigenvalue weighted by molar-refractivity contribution is 9.10. The van der Waals surface area contributed by atoms with E-state index >= 15 is 0 Å². The number of anilines is 1. The van der Waals surface area contributed by atoms with Crippen molar-refractivity contribution in [1.82, 2.24) is 20.6 Å². The van der Waals surface area contributed by atoms with Gasteiger partial charge in [0.15, 0.2) is 0 Å². The maximum atomic E-state index is 9.50. The maximum absolute atomic E-state index is 9.50. The molecule has 1 aromatic heterocycles. The summed E-state index contributed by atoms with van der Waals surface area (Å²) in [6.45, 7) is 0. The first-order chi connectivity index (χ1) is 7.75. The van der Waals surface area contributed by atoms with Crippen LogP contribution in [0, 0.1) is 0 Å². The second-order valence-corrected chi connectivity index (χ2v) is 3.72. The minimum atomic E-state index is 0.141. The third kappa shape index (κ3) is 2.54. The predicted molar refractivity (Wildman–Crippen MR) is 61.2 cm³/mol. The monoisotopic (exact) mass is 282 g/mol. The number of hydrogen-bond donors (Lipinski definition) is 3. The molecule has 0 amide bonds. The van der Waals surface area contributed by atoms with Crippen LogP contribution in [0.2, 0.25) is 0 Å². The van der Waals surface area contributed by atoms with Crippen LogP contribution in [0.4, 0.5) is 5.95 Å². The van der Waals surface area contributed by atoms with Crippen LogP contribution < -0.4 is 5.43 Å². The van der Waals surface area contributed by atoms with Crippen LogP contribution in [0.3, 0.4) is 0 Å². The minimum Gasteiger partial charge on any atom is -0.507 e. The summed E-state index contributed by atoms with van der Waals surface area (Å²) < 4.78 is 0.853. The second kappa shape index (κ2) is 4.71. The van der Waals surface area contributed by atoms with Crippen LogP contribution >= 0.6 is 15.9 Å². The normalized spacial score (nSPS) is 10.8. The van der Waals surface area contributed by atoms with E-state index in [0.29, 0.717) is 5.56 Å². The van der Waals surface area contributed by atoms with Crippen molar-refractivity contribution in [2.75, 3.05) is 5.43 Å². The summed E-state index contributed by atoms with van der Waals surface area (Å²) in [5.74, 6) is 0.396. The average molecular weight is 283 g/mol. The van der Waals surface area contributed by atoms with Crippen LogP contribution in [0.1, 0.15) is 5.56 Å². The molecular formula is C8H7BrN6O. The molecule has 0 unspecified atom stereocenters. The zero-order valence-electron chi connectivity index (χ0n) is 7.92. The molecule has 0 saturated carbocycles. The van der Waals surface area contributed by atoms with Crippen molar-refractivity contribution in [3.63, 3.8) is 0 Å². The molecule has 0 saturated heterocycles. The van der Waals surface area contributed by atoms with Crippen molar-refractivity contribution in [3.05, 3.63) is 28.2 Å². The lowest BCUT2D eigenvalue weighted by molar-refractivity contribution is 0.474. The molecule has 7 nitrogen and oxygen atoms in total. The fourth-order valence-electron chi connectivity index (χ4n) is 0.997. The number of aromatic amines is 1. The molecule has 3 N–H and O–H groups in total. The molecule has 0 bridgehead atoms. The Morgan fingerprint density at radius 3 is 3.12 bits per heavy atom. The third-order valence-corrected chi connectivity index (χ3v) is 2.20. The van der Waals surface area contributed by atoms with Crippen molar-refractivity contribution in [1.29, 1.82) is 0 Å². The fourth-order valence-corrected chi connectivity index (χ4v) is 1.38. The number of hydrazone groups is 1. The lowest BCUT2D eigenvalue weighted by atomic mass is 10.2. The first-order valence-electron chi connectivity index (χ1n) is 4.27. The fraction of sp³-hybridized carbons (Fsp3) is 0. The molecule has 2 aromatic rings. The zero-order chi connectivity index (χ0) is 11.4. The Morgan fingerprint density at radius 1 is 1.50 bits per heavy atom. The summed E-state index contributed by atoms with van der Waals surface area (Å²) >= 11 is 3.29. The number of phenols is 1. The van der Waals surface area contributed by atoms with Gasteiger partial charge in [0.1, 0.15) is 5.75 Å². The number of hydrogen-bond acceptors (Lipinski definition) is 6. The van der Waals surface area contributed by atoms with Gasteiger partial charge >= 0.3 is 0 Å². The number of nitrogens with zero attached hydrogens (tertiary/aromatic N) is 4. The summed E-state index contributed by atoms with van der Waals surface area (Å²) in [7, 11) is 0. The Labute approximate surface area is 98.7 Å². The standard InChI is InChI=1S/C8H7BrN6O/c9-6-1-2-7(16)5(3-6)4-10-11-8-12-14-15-13-8/h1-4,16H,(H2,11,12,13,14,15)/b10-4-. The van der Waals surface area contributed by atoms with E-state index in [2.05, 4.69) is 47.1 Å². The van der Waals surface area contributed by atoms with E-state index in [1.807, 2.05) is 0 Å². The number of halogens is 1. The first-order valence-corrected chi connectivity index (χ1v) is 5.06. The Balaban J connectivity index is 2.08. The van der Waals surface area contributed by atoms with Crippen molar-refractivity contribution in [2.24, 2.45) is 5.10 Å². The van der Waals surface area contributed by atoms with Gasteiger partial charge in [0.05, 0.1) is 6.21 Å². The molecule has 1 aromatic carbocycles. The molecule has 0 aliphatic heterocycles. The van der Waals surface area contributed by atoms with Gasteiger partial charge in [0.25, 0.3) is 5.95 Å². The second-order valence-electron chi connectivity index (χ2n) is 2.81. The molecule has 0 radical (unpaired) electrons. The van der Waals surface area contributed by atoms with E-state index in [9.17, 15) is 5.11 Å². The molecule has 8 heteroatoms. The highest BCUT2D eigenvalue weighted by Gasteiger charge is 1.98. The predicted octanol–water partition coefficient (Wildman–Crippen LogP) is 1.11. The van der Waals surface area contributed by atoms with Gasteiger partial charge < -0.3 is 5.11 Å². The molecule has 0 spiro atoms. The Hall–Kier alpha value is -1.96. The van der Waals surface area contributed by atoms with Gasteiger partial charge in [0.2, 0.25) is 0 Å². The Morgan fingerprint density at radius 2 is 2.38 bits per heavy atom. The number of tetrazole rings is 1. The van der Waals surface area contributed by atoms with Gasteiger partial charge in [-0.2, -0.15) is 10.3 Å². The van der Waals surface area contributed by atoms with Crippen molar-refractivity contribution in [2.45, 2.75) is 0 Å². The Kier molecular flexibility index (Phi) is 3.10. The van der Waals surface area contributed by atoms with Gasteiger partial charge in [-0.05, 0) is 23.4 Å². The molecule has 16 heavy (non-hydrogen) atoms. The number of rotatable bonds is 3. The van der Waals surface area contributed by atoms with E-state index in [1.165, 1.54) is 6.21 Å². The SMILES string of the molecule is Oc1ccc(Br)cc1/C=N\Nc1nn[nH]n1. The van der Waals surface area contributed by atoms with E-state index < -0.39 is 0 Å². The quantitative estimate of drug-likeness (QED) is 0.579. The summed E-state index contributed by atoms with van der Waals surface area (Å²) in [4.78, 5) is 0. The van der Waals surface area contributed by atoms with Gasteiger partial charge in [-0.15, -0.1) is 5.10 Å². The number of benzene rings is 1. The van der Waals surface area contributed by atoms with E-state index in [1.54, 1.807) is 18.2 Å². The topological polar surface area (TPSA) is 99.1 Å². The summed E-state index contributed by atoms with van der Waals surface area (Å²) in [5, 5.41) is 26.3. The van der Waals surface area contributed by atoms with Crippen LogP contribution in [-0.2, 0) is 0 Å². The lowest BCUT2D eigenvalue weighted by Crippen LogP contribution is -1.93. The van der Waals surface area contributed by atoms with Crippen molar-refractivity contribution < 1.29 is 5.11 Å². The van der Waals surface area contributed by atoms with E-state index in [-0.39, 0.29) is 11.7 Å². The molecule has 1 heterocycles. The van der Waals surface area contributed by atoms with Crippen LogP contribution in [0.15, 0.2) is 27.8 Å². The van der Waals surface area contributed by atoms with Gasteiger partial charge in [-0.3, -0.25) is 0 Å². The van der Waals surface area contributed by atoms with Crippen LogP contribution in [0.5, 0.6) is 5.75 Å². The first kappa shape index (κ1) is 10.6. The Bertz CT molecular complexity index is 497. The van der Waals surface area contributed by atoms with Gasteiger partial charge in [-0.1, -0.05) is 21.0 Å². The number of phenolic OH excluding ortho intramolecular Hbond substituents is 1. The molecule has 0 fully saturated rings. The molecule has 82 valence electrons. The molecule has 0 aliphatic rings. The molecule has 2 rings (SSSR count). The average Bonchev–Trinajstić information content (AvgIpc) is 2.76. The highest BCUT2D eigenvalue weighted by Crippen LogP contribution is 2.19.